The Bertz CT molecular complexity index is 2840. The average Bonchev–Trinajstić information content (AvgIpc) is 4.12. The predicted octanol–water partition coefficient (Wildman–Crippen LogP) is 6.76. The number of aromatic nitrogens is 6. The molecule has 5 aromatic carbocycles. The molecule has 10 nitrogen and oxygen atoms in total. The quantitative estimate of drug-likeness (QED) is 0.0756. The summed E-state index contributed by atoms with van der Waals surface area (Å²) >= 11 is 14.4. The van der Waals surface area contributed by atoms with Crippen molar-refractivity contribution in [1.82, 2.24) is 30.0 Å². The van der Waals surface area contributed by atoms with Gasteiger partial charge in [-0.3, -0.25) is 0 Å². The Hall–Kier alpha value is -3.11. The molecule has 4 N–H and O–H groups in total. The molecule has 0 spiro atoms. The third kappa shape index (κ3) is 8.70. The summed E-state index contributed by atoms with van der Waals surface area (Å²) in [6, 6.07) is 27.7. The van der Waals surface area contributed by atoms with Gasteiger partial charge in [-0.1, -0.05) is 130 Å². The lowest BCUT2D eigenvalue weighted by Crippen LogP contribution is -2.33. The van der Waals surface area contributed by atoms with Gasteiger partial charge in [-0.15, -0.1) is 57.2 Å². The molecule has 312 valence electrons. The maximum absolute atomic E-state index is 10.00. The van der Waals surface area contributed by atoms with E-state index in [4.69, 9.17) is 0 Å². The molecule has 2 aliphatic rings. The molecular weight excluding hydrogens is 931 g/mol. The summed E-state index contributed by atoms with van der Waals surface area (Å²) in [5.41, 5.74) is 5.67. The van der Waals surface area contributed by atoms with Crippen LogP contribution in [0, 0.1) is 0 Å². The Labute approximate surface area is 392 Å². The lowest BCUT2D eigenvalue weighted by atomic mass is 9.77. The summed E-state index contributed by atoms with van der Waals surface area (Å²) in [6.45, 7) is 0.676. The molecule has 0 radical (unpaired) electrons. The molecule has 62 heavy (non-hydrogen) atoms. The maximum atomic E-state index is 10.00. The zero-order chi connectivity index (χ0) is 43.1. The molecule has 0 atom stereocenters. The van der Waals surface area contributed by atoms with E-state index in [1.807, 2.05) is 83.7 Å². The predicted molar refractivity (Wildman–Crippen MR) is 275 cm³/mol. The van der Waals surface area contributed by atoms with E-state index in [1.165, 1.54) is 25.4 Å². The highest BCUT2D eigenvalue weighted by Crippen LogP contribution is 2.58. The van der Waals surface area contributed by atoms with Crippen molar-refractivity contribution in [2.75, 3.05) is 25.0 Å². The van der Waals surface area contributed by atoms with Crippen LogP contribution in [0.15, 0.2) is 114 Å². The summed E-state index contributed by atoms with van der Waals surface area (Å²) < 4.78 is 11.0. The van der Waals surface area contributed by atoms with Gasteiger partial charge in [0.1, 0.15) is 11.4 Å². The van der Waals surface area contributed by atoms with Gasteiger partial charge >= 0.3 is 14.2 Å². The molecule has 0 aliphatic carbocycles. The third-order valence-electron chi connectivity index (χ3n) is 10.3. The third-order valence-corrected chi connectivity index (χ3v) is 20.8. The summed E-state index contributed by atoms with van der Waals surface area (Å²) in [5.74, 6) is 0. The normalized spacial score (nSPS) is 14.4. The smallest absolute Gasteiger partial charge is 0.423 e. The molecule has 9 rings (SSSR count). The van der Waals surface area contributed by atoms with E-state index < -0.39 is 14.2 Å². The molecule has 2 aromatic heterocycles. The van der Waals surface area contributed by atoms with Crippen molar-refractivity contribution in [2.24, 2.45) is 0 Å². The Balaban J connectivity index is 1.24. The molecule has 0 saturated carbocycles. The maximum Gasteiger partial charge on any atom is 0.488 e. The topological polar surface area (TPSA) is 142 Å². The zero-order valence-corrected chi connectivity index (χ0v) is 40.1. The Kier molecular flexibility index (Phi) is 13.6. The highest BCUT2D eigenvalue weighted by Gasteiger charge is 2.27. The number of hydrogen-bond acceptors (Lipinski definition) is 16. The second-order valence-electron chi connectivity index (χ2n) is 14.0. The minimum atomic E-state index is -1.58. The van der Waals surface area contributed by atoms with Crippen LogP contribution in [0.5, 0.6) is 0 Å². The monoisotopic (exact) mass is 966 g/mol. The van der Waals surface area contributed by atoms with Crippen molar-refractivity contribution >= 4 is 149 Å². The van der Waals surface area contributed by atoms with Gasteiger partial charge < -0.3 is 20.1 Å². The lowest BCUT2D eigenvalue weighted by molar-refractivity contribution is 0.424. The Morgan fingerprint density at radius 1 is 0.500 bits per heavy atom. The fourth-order valence-corrected chi connectivity index (χ4v) is 17.7. The molecule has 0 fully saturated rings. The summed E-state index contributed by atoms with van der Waals surface area (Å²) in [5, 5.41) is 65.0. The van der Waals surface area contributed by atoms with Crippen LogP contribution in [-0.4, -0.2) is 89.3 Å². The van der Waals surface area contributed by atoms with Crippen LogP contribution < -0.4 is 21.4 Å². The molecule has 7 aromatic rings. The van der Waals surface area contributed by atoms with Gasteiger partial charge in [-0.25, -0.2) is 9.36 Å². The van der Waals surface area contributed by atoms with Crippen LogP contribution in [0.25, 0.3) is 52.5 Å². The minimum absolute atomic E-state index is 0.338. The van der Waals surface area contributed by atoms with Gasteiger partial charge in [0.05, 0.1) is 50.9 Å². The van der Waals surface area contributed by atoms with Gasteiger partial charge in [0.15, 0.2) is 0 Å². The largest absolute Gasteiger partial charge is 0.488 e. The minimum Gasteiger partial charge on any atom is -0.423 e. The standard InChI is InChI=1S/C42H36B2N6O4S8/c1-55-39-40(56-2)60-37(59-39)35-27-15-13-24(34-22-50(48-46-34)20-26-10-6-8-12-32(26)44(53)54)18-30(27)36(38-61-41(57-3)42(58-4)62-38)28-16-14-23(17-29(28)35)33-21-49(47-45-33)19-25-9-5-7-11-31(25)43(51)52/h5-18,21-22,51-54H,19-20H2,1-4H3. The summed E-state index contributed by atoms with van der Waals surface area (Å²) in [6.07, 6.45) is 12.4. The number of fused-ring (bicyclic) bond motifs is 2. The van der Waals surface area contributed by atoms with E-state index >= 15 is 0 Å². The first-order valence-corrected chi connectivity index (χ1v) is 27.2. The van der Waals surface area contributed by atoms with Crippen molar-refractivity contribution in [2.45, 2.75) is 13.1 Å². The number of hydrogen-bond donors (Lipinski definition) is 4. The van der Waals surface area contributed by atoms with E-state index in [0.29, 0.717) is 35.4 Å². The fraction of sp³-hybridized carbons (Fsp3) is 0.143. The summed E-state index contributed by atoms with van der Waals surface area (Å²) in [7, 11) is -3.17. The SMILES string of the molecule is CSC1=C(SC)SC(=c2c3ccc(-c4cn(Cc5ccccc5B(O)O)nn4)cc3c(=C3SC(SC)=C(SC)S3)c3ccc(-c4cn(Cc5ccccc5B(O)O)nn4)cc23)S1. The Morgan fingerprint density at radius 2 is 0.871 bits per heavy atom. The second-order valence-corrected chi connectivity index (χ2v) is 22.9. The fourth-order valence-electron chi connectivity index (χ4n) is 7.46. The number of nitrogens with zero attached hydrogens (tertiary/aromatic N) is 6. The molecule has 20 heteroatoms. The highest BCUT2D eigenvalue weighted by atomic mass is 32.3. The number of thioether (sulfide) groups is 8. The van der Waals surface area contributed by atoms with Crippen molar-refractivity contribution in [1.29, 1.82) is 0 Å². The van der Waals surface area contributed by atoms with Crippen molar-refractivity contribution in [3.8, 4) is 22.5 Å². The molecule has 0 bridgehead atoms. The first kappa shape index (κ1) is 44.1. The molecule has 0 saturated heterocycles. The van der Waals surface area contributed by atoms with Crippen LogP contribution in [0.4, 0.5) is 0 Å². The zero-order valence-electron chi connectivity index (χ0n) is 33.5. The van der Waals surface area contributed by atoms with Gasteiger partial charge in [0, 0.05) is 21.6 Å². The van der Waals surface area contributed by atoms with E-state index in [0.717, 1.165) is 54.2 Å². The number of benzene rings is 5. The van der Waals surface area contributed by atoms with Crippen molar-refractivity contribution in [3.05, 3.63) is 136 Å². The molecule has 0 unspecified atom stereocenters. The van der Waals surface area contributed by atoms with Crippen LogP contribution in [0.2, 0.25) is 0 Å². The van der Waals surface area contributed by atoms with Crippen LogP contribution >= 0.6 is 94.1 Å². The average molecular weight is 967 g/mol. The molecule has 0 amide bonds. The molecule has 4 heterocycles. The van der Waals surface area contributed by atoms with E-state index in [-0.39, 0.29) is 0 Å². The molecule has 2 aliphatic heterocycles. The number of rotatable bonds is 12. The van der Waals surface area contributed by atoms with Crippen molar-refractivity contribution < 1.29 is 20.1 Å². The van der Waals surface area contributed by atoms with Crippen LogP contribution in [0.3, 0.4) is 0 Å². The van der Waals surface area contributed by atoms with Gasteiger partial charge in [-0.2, -0.15) is 0 Å². The van der Waals surface area contributed by atoms with Crippen molar-refractivity contribution in [3.63, 3.8) is 0 Å². The van der Waals surface area contributed by atoms with E-state index in [1.54, 1.807) is 80.7 Å². The first-order chi connectivity index (χ1) is 30.2. The van der Waals surface area contributed by atoms with E-state index in [2.05, 4.69) is 82.0 Å². The summed E-state index contributed by atoms with van der Waals surface area (Å²) in [4.78, 5) is 0. The second kappa shape index (κ2) is 19.2. The molecular formula is C42H36B2N6O4S8. The van der Waals surface area contributed by atoms with Gasteiger partial charge in [0.2, 0.25) is 0 Å². The first-order valence-electron chi connectivity index (χ1n) is 19.0. The lowest BCUT2D eigenvalue weighted by Gasteiger charge is -2.13. The van der Waals surface area contributed by atoms with E-state index in [9.17, 15) is 20.1 Å². The van der Waals surface area contributed by atoms with Gasteiger partial charge in [0.25, 0.3) is 0 Å². The highest BCUT2D eigenvalue weighted by molar-refractivity contribution is 8.46. The van der Waals surface area contributed by atoms with Crippen LogP contribution in [0.1, 0.15) is 11.1 Å². The Morgan fingerprint density at radius 3 is 1.23 bits per heavy atom. The van der Waals surface area contributed by atoms with Crippen LogP contribution in [-0.2, 0) is 13.1 Å². The van der Waals surface area contributed by atoms with Gasteiger partial charge in [-0.05, 0) is 80.8 Å².